The first-order valence-corrected chi connectivity index (χ1v) is 6.74. The fourth-order valence-corrected chi connectivity index (χ4v) is 3.68. The first kappa shape index (κ1) is 12.6. The Morgan fingerprint density at radius 1 is 1.53 bits per heavy atom. The number of hydrogen-bond acceptors (Lipinski definition) is 3. The van der Waals surface area contributed by atoms with E-state index >= 15 is 0 Å². The maximum absolute atomic E-state index is 10.3. The Labute approximate surface area is 98.7 Å². The zero-order chi connectivity index (χ0) is 11.3. The summed E-state index contributed by atoms with van der Waals surface area (Å²) >= 11 is 3.64. The van der Waals surface area contributed by atoms with E-state index in [1.165, 1.54) is 9.09 Å². The minimum Gasteiger partial charge on any atom is -0.481 e. The normalized spacial score (nSPS) is 10.9. The largest absolute Gasteiger partial charge is 0.481 e. The van der Waals surface area contributed by atoms with Crippen molar-refractivity contribution in [2.45, 2.75) is 42.6 Å². The molecule has 0 aliphatic heterocycles. The molecule has 84 valence electrons. The molecule has 0 atom stereocenters. The summed E-state index contributed by atoms with van der Waals surface area (Å²) in [6, 6.07) is 4.24. The molecule has 0 spiro atoms. The standard InChI is InChI=1S/C11H16O2S2/c1-8(2)14-11-7-6-9(15-11)4-3-5-10(12)13/h6-8H,3-5H2,1-2H3,(H,12,13). The van der Waals surface area contributed by atoms with Gasteiger partial charge in [-0.3, -0.25) is 4.79 Å². The predicted octanol–water partition coefficient (Wildman–Crippen LogP) is 3.66. The molecule has 0 radical (unpaired) electrons. The van der Waals surface area contributed by atoms with Gasteiger partial charge in [0, 0.05) is 16.5 Å². The number of carboxylic acids is 1. The van der Waals surface area contributed by atoms with E-state index in [0.29, 0.717) is 5.25 Å². The van der Waals surface area contributed by atoms with Crippen LogP contribution in [0, 0.1) is 0 Å². The smallest absolute Gasteiger partial charge is 0.303 e. The van der Waals surface area contributed by atoms with Crippen LogP contribution in [0.3, 0.4) is 0 Å². The van der Waals surface area contributed by atoms with Crippen molar-refractivity contribution in [2.75, 3.05) is 0 Å². The van der Waals surface area contributed by atoms with E-state index in [1.807, 2.05) is 11.8 Å². The highest BCUT2D eigenvalue weighted by molar-refractivity contribution is 8.01. The summed E-state index contributed by atoms with van der Waals surface area (Å²) in [4.78, 5) is 11.6. The predicted molar refractivity (Wildman–Crippen MR) is 65.9 cm³/mol. The van der Waals surface area contributed by atoms with Gasteiger partial charge < -0.3 is 5.11 Å². The third-order valence-electron chi connectivity index (χ3n) is 1.80. The number of rotatable bonds is 6. The van der Waals surface area contributed by atoms with Crippen LogP contribution in [-0.2, 0) is 11.2 Å². The van der Waals surface area contributed by atoms with Crippen molar-refractivity contribution in [1.29, 1.82) is 0 Å². The van der Waals surface area contributed by atoms with Gasteiger partial charge >= 0.3 is 5.97 Å². The highest BCUT2D eigenvalue weighted by Gasteiger charge is 2.04. The summed E-state index contributed by atoms with van der Waals surface area (Å²) in [6.45, 7) is 4.35. The van der Waals surface area contributed by atoms with Crippen LogP contribution in [-0.4, -0.2) is 16.3 Å². The van der Waals surface area contributed by atoms with Crippen molar-refractivity contribution in [1.82, 2.24) is 0 Å². The Morgan fingerprint density at radius 3 is 2.87 bits per heavy atom. The molecule has 0 saturated heterocycles. The van der Waals surface area contributed by atoms with Crippen molar-refractivity contribution < 1.29 is 9.90 Å². The van der Waals surface area contributed by atoms with E-state index in [9.17, 15) is 4.79 Å². The Hall–Kier alpha value is -0.480. The first-order valence-electron chi connectivity index (χ1n) is 5.05. The second-order valence-corrected chi connectivity index (χ2v) is 6.68. The molecule has 2 nitrogen and oxygen atoms in total. The SMILES string of the molecule is CC(C)Sc1ccc(CCCC(=O)O)s1. The van der Waals surface area contributed by atoms with E-state index in [4.69, 9.17) is 5.11 Å². The fourth-order valence-electron chi connectivity index (χ4n) is 1.20. The van der Waals surface area contributed by atoms with E-state index in [2.05, 4.69) is 26.0 Å². The molecule has 4 heteroatoms. The minimum absolute atomic E-state index is 0.268. The number of thiophene rings is 1. The second-order valence-electron chi connectivity index (χ2n) is 3.63. The molecule has 0 saturated carbocycles. The van der Waals surface area contributed by atoms with Gasteiger partial charge in [0.15, 0.2) is 0 Å². The number of hydrogen-bond donors (Lipinski definition) is 1. The van der Waals surface area contributed by atoms with Gasteiger partial charge in [0.05, 0.1) is 4.21 Å². The van der Waals surface area contributed by atoms with E-state index in [1.54, 1.807) is 11.3 Å². The van der Waals surface area contributed by atoms with Crippen molar-refractivity contribution in [3.63, 3.8) is 0 Å². The van der Waals surface area contributed by atoms with Crippen molar-refractivity contribution in [2.24, 2.45) is 0 Å². The molecule has 0 aromatic carbocycles. The van der Waals surface area contributed by atoms with Gasteiger partial charge in [-0.15, -0.1) is 23.1 Å². The summed E-state index contributed by atoms with van der Waals surface area (Å²) in [5.74, 6) is -0.705. The molecule has 0 bridgehead atoms. The fraction of sp³-hybridized carbons (Fsp3) is 0.545. The second kappa shape index (κ2) is 6.18. The molecule has 0 aliphatic rings. The molecule has 0 aliphatic carbocycles. The van der Waals surface area contributed by atoms with Crippen molar-refractivity contribution in [3.05, 3.63) is 17.0 Å². The molecule has 0 unspecified atom stereocenters. The topological polar surface area (TPSA) is 37.3 Å². The lowest BCUT2D eigenvalue weighted by atomic mass is 10.2. The van der Waals surface area contributed by atoms with Crippen LogP contribution in [0.25, 0.3) is 0 Å². The Kier molecular flexibility index (Phi) is 5.19. The highest BCUT2D eigenvalue weighted by Crippen LogP contribution is 2.30. The van der Waals surface area contributed by atoms with Crippen LogP contribution in [0.15, 0.2) is 16.3 Å². The summed E-state index contributed by atoms with van der Waals surface area (Å²) in [5, 5.41) is 9.12. The van der Waals surface area contributed by atoms with E-state index < -0.39 is 5.97 Å². The summed E-state index contributed by atoms with van der Waals surface area (Å²) in [6.07, 6.45) is 1.89. The number of thioether (sulfide) groups is 1. The van der Waals surface area contributed by atoms with Gasteiger partial charge in [0.25, 0.3) is 0 Å². The van der Waals surface area contributed by atoms with Crippen LogP contribution in [0.5, 0.6) is 0 Å². The quantitative estimate of drug-likeness (QED) is 0.776. The van der Waals surface area contributed by atoms with Crippen molar-refractivity contribution in [3.8, 4) is 0 Å². The minimum atomic E-state index is -0.705. The molecule has 0 amide bonds. The van der Waals surface area contributed by atoms with Crippen LogP contribution in [0.2, 0.25) is 0 Å². The Balaban J connectivity index is 2.36. The monoisotopic (exact) mass is 244 g/mol. The van der Waals surface area contributed by atoms with Gasteiger partial charge in [0.1, 0.15) is 0 Å². The maximum Gasteiger partial charge on any atom is 0.303 e. The maximum atomic E-state index is 10.3. The van der Waals surface area contributed by atoms with Gasteiger partial charge in [-0.05, 0) is 25.0 Å². The number of carbonyl (C=O) groups is 1. The van der Waals surface area contributed by atoms with Gasteiger partial charge in [-0.25, -0.2) is 0 Å². The molecule has 1 rings (SSSR count). The van der Waals surface area contributed by atoms with Crippen LogP contribution in [0.4, 0.5) is 0 Å². The zero-order valence-corrected chi connectivity index (χ0v) is 10.7. The molecule has 1 heterocycles. The van der Waals surface area contributed by atoms with Crippen molar-refractivity contribution >= 4 is 29.1 Å². The third kappa shape index (κ3) is 5.23. The van der Waals surface area contributed by atoms with Gasteiger partial charge in [-0.1, -0.05) is 13.8 Å². The van der Waals surface area contributed by atoms with Gasteiger partial charge in [-0.2, -0.15) is 0 Å². The Bertz CT molecular complexity index is 318. The molecular weight excluding hydrogens is 228 g/mol. The average molecular weight is 244 g/mol. The lowest BCUT2D eigenvalue weighted by Crippen LogP contribution is -1.94. The molecule has 1 aromatic rings. The Morgan fingerprint density at radius 2 is 2.27 bits per heavy atom. The van der Waals surface area contributed by atoms with Crippen LogP contribution >= 0.6 is 23.1 Å². The van der Waals surface area contributed by atoms with Crippen LogP contribution < -0.4 is 0 Å². The van der Waals surface area contributed by atoms with Gasteiger partial charge in [0.2, 0.25) is 0 Å². The molecule has 1 aromatic heterocycles. The summed E-state index contributed by atoms with van der Waals surface area (Å²) < 4.78 is 1.33. The zero-order valence-electron chi connectivity index (χ0n) is 9.03. The summed E-state index contributed by atoms with van der Waals surface area (Å²) in [7, 11) is 0. The first-order chi connectivity index (χ1) is 7.08. The number of aryl methyl sites for hydroxylation is 1. The molecule has 15 heavy (non-hydrogen) atoms. The van der Waals surface area contributed by atoms with Crippen LogP contribution in [0.1, 0.15) is 31.6 Å². The molecule has 0 fully saturated rings. The van der Waals surface area contributed by atoms with E-state index in [-0.39, 0.29) is 6.42 Å². The lowest BCUT2D eigenvalue weighted by molar-refractivity contribution is -0.137. The highest BCUT2D eigenvalue weighted by atomic mass is 32.2. The summed E-state index contributed by atoms with van der Waals surface area (Å²) in [5.41, 5.74) is 0. The number of carboxylic acid groups (broad SMARTS) is 1. The lowest BCUT2D eigenvalue weighted by Gasteiger charge is -1.99. The molecule has 1 N–H and O–H groups in total. The number of aliphatic carboxylic acids is 1. The average Bonchev–Trinajstić information content (AvgIpc) is 2.50. The van der Waals surface area contributed by atoms with E-state index in [0.717, 1.165) is 12.8 Å². The molecular formula is C11H16O2S2. The third-order valence-corrected chi connectivity index (χ3v) is 4.12.